The number of hydrogen-bond donors (Lipinski definition) is 2. The van der Waals surface area contributed by atoms with Gasteiger partial charge in [0.15, 0.2) is 5.82 Å². The van der Waals surface area contributed by atoms with E-state index in [9.17, 15) is 4.79 Å². The van der Waals surface area contributed by atoms with Gasteiger partial charge in [-0.2, -0.15) is 5.10 Å². The van der Waals surface area contributed by atoms with E-state index in [0.717, 1.165) is 22.4 Å². The second-order valence-corrected chi connectivity index (χ2v) is 5.81. The van der Waals surface area contributed by atoms with Crippen LogP contribution in [0.1, 0.15) is 5.82 Å². The summed E-state index contributed by atoms with van der Waals surface area (Å²) in [6.07, 6.45) is 5.67. The van der Waals surface area contributed by atoms with Gasteiger partial charge in [0.05, 0.1) is 17.4 Å². The first-order valence-electron chi connectivity index (χ1n) is 8.28. The van der Waals surface area contributed by atoms with Crippen LogP contribution in [0.3, 0.4) is 0 Å². The van der Waals surface area contributed by atoms with E-state index in [-0.39, 0.29) is 12.5 Å². The summed E-state index contributed by atoms with van der Waals surface area (Å²) in [5.41, 5.74) is 2.68. The normalized spacial score (nSPS) is 10.9. The van der Waals surface area contributed by atoms with Gasteiger partial charge in [-0.15, -0.1) is 0 Å². The quantitative estimate of drug-likeness (QED) is 0.551. The van der Waals surface area contributed by atoms with Crippen molar-refractivity contribution < 1.29 is 4.79 Å². The number of rotatable bonds is 6. The number of imidazole rings is 1. The molecule has 130 valence electrons. The van der Waals surface area contributed by atoms with Gasteiger partial charge in [-0.3, -0.25) is 14.9 Å². The van der Waals surface area contributed by atoms with Crippen molar-refractivity contribution in [2.24, 2.45) is 0 Å². The van der Waals surface area contributed by atoms with Gasteiger partial charge < -0.3 is 9.88 Å². The lowest BCUT2D eigenvalue weighted by Gasteiger charge is -2.05. The summed E-state index contributed by atoms with van der Waals surface area (Å²) in [5.74, 6) is 1.25. The average molecular weight is 347 g/mol. The Morgan fingerprint density at radius 1 is 1.19 bits per heavy atom. The van der Waals surface area contributed by atoms with E-state index in [0.29, 0.717) is 18.8 Å². The van der Waals surface area contributed by atoms with Crippen LogP contribution in [-0.2, 0) is 17.8 Å². The molecule has 0 spiro atoms. The molecule has 0 aliphatic rings. The summed E-state index contributed by atoms with van der Waals surface area (Å²) in [7, 11) is 0. The van der Waals surface area contributed by atoms with Crippen LogP contribution in [0.2, 0.25) is 0 Å². The number of pyridine rings is 1. The standard InChI is InChI=1S/C18H17N7O/c26-17(11-25-12-21-14-5-1-2-6-15(14)25)20-9-7-16-22-18(24-23-16)13-4-3-8-19-10-13/h1-6,8,10,12H,7,9,11H2,(H,20,26)(H,22,23,24). The summed E-state index contributed by atoms with van der Waals surface area (Å²) in [6.45, 7) is 0.713. The maximum absolute atomic E-state index is 12.2. The van der Waals surface area contributed by atoms with Gasteiger partial charge in [0, 0.05) is 30.9 Å². The number of carbonyl (C=O) groups is 1. The van der Waals surface area contributed by atoms with E-state index < -0.39 is 0 Å². The van der Waals surface area contributed by atoms with Crippen LogP contribution >= 0.6 is 0 Å². The fourth-order valence-electron chi connectivity index (χ4n) is 2.70. The number of amides is 1. The van der Waals surface area contributed by atoms with Crippen LogP contribution < -0.4 is 5.32 Å². The van der Waals surface area contributed by atoms with Crippen molar-refractivity contribution >= 4 is 16.9 Å². The second-order valence-electron chi connectivity index (χ2n) is 5.81. The maximum atomic E-state index is 12.2. The largest absolute Gasteiger partial charge is 0.354 e. The Hall–Kier alpha value is -3.55. The van der Waals surface area contributed by atoms with Crippen LogP contribution in [-0.4, -0.2) is 42.2 Å². The topological polar surface area (TPSA) is 101 Å². The van der Waals surface area contributed by atoms with E-state index >= 15 is 0 Å². The van der Waals surface area contributed by atoms with Gasteiger partial charge in [-0.05, 0) is 24.3 Å². The predicted molar refractivity (Wildman–Crippen MR) is 96.1 cm³/mol. The Kier molecular flexibility index (Phi) is 4.38. The zero-order valence-corrected chi connectivity index (χ0v) is 14.0. The van der Waals surface area contributed by atoms with Crippen molar-refractivity contribution in [2.75, 3.05) is 6.54 Å². The number of aromatic amines is 1. The summed E-state index contributed by atoms with van der Waals surface area (Å²) in [4.78, 5) is 24.9. The predicted octanol–water partition coefficient (Wildman–Crippen LogP) is 1.58. The highest BCUT2D eigenvalue weighted by Crippen LogP contribution is 2.12. The highest BCUT2D eigenvalue weighted by molar-refractivity contribution is 5.80. The number of benzene rings is 1. The van der Waals surface area contributed by atoms with Gasteiger partial charge in [-0.25, -0.2) is 9.97 Å². The molecule has 4 rings (SSSR count). The second kappa shape index (κ2) is 7.14. The molecule has 26 heavy (non-hydrogen) atoms. The fourth-order valence-corrected chi connectivity index (χ4v) is 2.70. The number of nitrogens with one attached hydrogen (secondary N) is 2. The van der Waals surface area contributed by atoms with Gasteiger partial charge in [0.2, 0.25) is 5.91 Å². The molecule has 0 unspecified atom stereocenters. The molecule has 0 aliphatic heterocycles. The fraction of sp³-hybridized carbons (Fsp3) is 0.167. The lowest BCUT2D eigenvalue weighted by atomic mass is 10.3. The van der Waals surface area contributed by atoms with Crippen LogP contribution in [0, 0.1) is 0 Å². The third-order valence-electron chi connectivity index (χ3n) is 3.98. The third kappa shape index (κ3) is 3.44. The lowest BCUT2D eigenvalue weighted by Crippen LogP contribution is -2.29. The molecule has 2 N–H and O–H groups in total. The molecule has 8 heteroatoms. The van der Waals surface area contributed by atoms with E-state index in [1.54, 1.807) is 18.7 Å². The van der Waals surface area contributed by atoms with Gasteiger partial charge in [0.25, 0.3) is 0 Å². The number of nitrogens with zero attached hydrogens (tertiary/aromatic N) is 5. The first kappa shape index (κ1) is 15.9. The Labute approximate surface area is 149 Å². The van der Waals surface area contributed by atoms with Crippen molar-refractivity contribution in [2.45, 2.75) is 13.0 Å². The summed E-state index contributed by atoms with van der Waals surface area (Å²) in [6, 6.07) is 11.5. The van der Waals surface area contributed by atoms with Crippen LogP contribution in [0.5, 0.6) is 0 Å². The molecular weight excluding hydrogens is 330 g/mol. The monoisotopic (exact) mass is 347 g/mol. The molecule has 0 atom stereocenters. The number of fused-ring (bicyclic) bond motifs is 1. The molecule has 1 amide bonds. The number of aromatic nitrogens is 6. The van der Waals surface area contributed by atoms with Gasteiger partial charge >= 0.3 is 0 Å². The van der Waals surface area contributed by atoms with Crippen LogP contribution in [0.25, 0.3) is 22.4 Å². The molecule has 0 fully saturated rings. The summed E-state index contributed by atoms with van der Waals surface area (Å²) < 4.78 is 1.83. The Balaban J connectivity index is 1.31. The highest BCUT2D eigenvalue weighted by atomic mass is 16.1. The van der Waals surface area contributed by atoms with Crippen LogP contribution in [0.4, 0.5) is 0 Å². The minimum atomic E-state index is -0.0693. The zero-order chi connectivity index (χ0) is 17.8. The lowest BCUT2D eigenvalue weighted by molar-refractivity contribution is -0.121. The number of H-pyrrole nitrogens is 1. The zero-order valence-electron chi connectivity index (χ0n) is 14.0. The first-order chi connectivity index (χ1) is 12.8. The molecule has 0 saturated carbocycles. The Morgan fingerprint density at radius 2 is 2.12 bits per heavy atom. The maximum Gasteiger partial charge on any atom is 0.240 e. The Morgan fingerprint density at radius 3 is 3.00 bits per heavy atom. The number of para-hydroxylation sites is 2. The molecule has 1 aromatic carbocycles. The molecule has 4 aromatic rings. The highest BCUT2D eigenvalue weighted by Gasteiger charge is 2.08. The molecular formula is C18H17N7O. The molecule has 0 radical (unpaired) electrons. The minimum Gasteiger partial charge on any atom is -0.354 e. The van der Waals surface area contributed by atoms with Crippen molar-refractivity contribution in [3.8, 4) is 11.4 Å². The van der Waals surface area contributed by atoms with Crippen LogP contribution in [0.15, 0.2) is 55.1 Å². The SMILES string of the molecule is O=C(Cn1cnc2ccccc21)NCCc1nc(-c2cccnc2)n[nH]1. The minimum absolute atomic E-state index is 0.0693. The number of carbonyl (C=O) groups excluding carboxylic acids is 1. The molecule has 3 aromatic heterocycles. The summed E-state index contributed by atoms with van der Waals surface area (Å²) in [5, 5.41) is 9.97. The van der Waals surface area contributed by atoms with E-state index in [4.69, 9.17) is 0 Å². The van der Waals surface area contributed by atoms with Crippen molar-refractivity contribution in [3.63, 3.8) is 0 Å². The Bertz CT molecular complexity index is 1020. The average Bonchev–Trinajstić information content (AvgIpc) is 3.30. The van der Waals surface area contributed by atoms with E-state index in [1.165, 1.54) is 0 Å². The van der Waals surface area contributed by atoms with Crippen molar-refractivity contribution in [1.29, 1.82) is 0 Å². The first-order valence-corrected chi connectivity index (χ1v) is 8.28. The van der Waals surface area contributed by atoms with Gasteiger partial charge in [-0.1, -0.05) is 12.1 Å². The molecule has 0 saturated heterocycles. The van der Waals surface area contributed by atoms with E-state index in [1.807, 2.05) is 41.0 Å². The summed E-state index contributed by atoms with van der Waals surface area (Å²) >= 11 is 0. The third-order valence-corrected chi connectivity index (χ3v) is 3.98. The molecule has 0 bridgehead atoms. The molecule has 8 nitrogen and oxygen atoms in total. The van der Waals surface area contributed by atoms with Crippen molar-refractivity contribution in [1.82, 2.24) is 35.0 Å². The van der Waals surface area contributed by atoms with Crippen molar-refractivity contribution in [3.05, 3.63) is 60.9 Å². The molecule has 3 heterocycles. The van der Waals surface area contributed by atoms with Gasteiger partial charge in [0.1, 0.15) is 12.4 Å². The number of hydrogen-bond acceptors (Lipinski definition) is 5. The smallest absolute Gasteiger partial charge is 0.240 e. The van der Waals surface area contributed by atoms with E-state index in [2.05, 4.69) is 30.5 Å². The molecule has 0 aliphatic carbocycles.